The fraction of sp³-hybridized carbons (Fsp3) is 0.214. The van der Waals surface area contributed by atoms with Crippen molar-refractivity contribution in [3.05, 3.63) is 64.1 Å². The number of rotatable bonds is 3. The highest BCUT2D eigenvalue weighted by Crippen LogP contribution is 2.37. The second-order valence-electron chi connectivity index (χ2n) is 4.14. The highest BCUT2D eigenvalue weighted by molar-refractivity contribution is 9.10. The molecule has 2 rings (SSSR count). The van der Waals surface area contributed by atoms with Crippen LogP contribution in [0.25, 0.3) is 0 Å². The van der Waals surface area contributed by atoms with E-state index in [4.69, 9.17) is 11.6 Å². The summed E-state index contributed by atoms with van der Waals surface area (Å²) in [6.07, 6.45) is 3.43. The SMILES string of the molecule is CC(c1ccncc1)C(Cl)c1cc(Br)ccc1F. The van der Waals surface area contributed by atoms with E-state index in [0.29, 0.717) is 5.56 Å². The Hall–Kier alpha value is -0.930. The minimum absolute atomic E-state index is 0.0125. The van der Waals surface area contributed by atoms with E-state index >= 15 is 0 Å². The molecule has 18 heavy (non-hydrogen) atoms. The summed E-state index contributed by atoms with van der Waals surface area (Å²) in [6, 6.07) is 8.62. The Bertz CT molecular complexity index is 533. The van der Waals surface area contributed by atoms with Crippen LogP contribution in [-0.4, -0.2) is 4.98 Å². The van der Waals surface area contributed by atoms with Gasteiger partial charge in [-0.2, -0.15) is 0 Å². The van der Waals surface area contributed by atoms with Crippen LogP contribution in [-0.2, 0) is 0 Å². The summed E-state index contributed by atoms with van der Waals surface area (Å²) in [5.41, 5.74) is 1.56. The summed E-state index contributed by atoms with van der Waals surface area (Å²) in [6.45, 7) is 1.98. The lowest BCUT2D eigenvalue weighted by Gasteiger charge is -2.19. The van der Waals surface area contributed by atoms with Gasteiger partial charge in [0.25, 0.3) is 0 Å². The van der Waals surface area contributed by atoms with Crippen LogP contribution in [0.3, 0.4) is 0 Å². The molecule has 0 bridgehead atoms. The molecule has 0 amide bonds. The molecular weight excluding hydrogens is 317 g/mol. The summed E-state index contributed by atoms with van der Waals surface area (Å²) in [4.78, 5) is 3.97. The zero-order valence-corrected chi connectivity index (χ0v) is 12.1. The molecular formula is C14H12BrClFN. The smallest absolute Gasteiger partial charge is 0.127 e. The van der Waals surface area contributed by atoms with Gasteiger partial charge in [0.1, 0.15) is 5.82 Å². The molecule has 1 heterocycles. The van der Waals surface area contributed by atoms with Crippen molar-refractivity contribution in [3.63, 3.8) is 0 Å². The van der Waals surface area contributed by atoms with E-state index in [2.05, 4.69) is 20.9 Å². The summed E-state index contributed by atoms with van der Waals surface area (Å²) in [5.74, 6) is -0.266. The third-order valence-corrected chi connectivity index (χ3v) is 4.03. The van der Waals surface area contributed by atoms with Gasteiger partial charge in [-0.05, 0) is 35.9 Å². The molecule has 0 saturated heterocycles. The fourth-order valence-corrected chi connectivity index (χ4v) is 2.52. The Morgan fingerprint density at radius 2 is 1.89 bits per heavy atom. The van der Waals surface area contributed by atoms with Gasteiger partial charge in [-0.1, -0.05) is 22.9 Å². The summed E-state index contributed by atoms with van der Waals surface area (Å²) >= 11 is 9.72. The Kier molecular flexibility index (Phi) is 4.36. The van der Waals surface area contributed by atoms with Crippen LogP contribution in [0.1, 0.15) is 29.3 Å². The number of alkyl halides is 1. The first-order valence-electron chi connectivity index (χ1n) is 5.58. The molecule has 0 N–H and O–H groups in total. The molecule has 1 aromatic heterocycles. The number of aromatic nitrogens is 1. The molecule has 1 aromatic carbocycles. The second kappa shape index (κ2) is 5.81. The third kappa shape index (κ3) is 2.90. The van der Waals surface area contributed by atoms with Gasteiger partial charge >= 0.3 is 0 Å². The van der Waals surface area contributed by atoms with Crippen LogP contribution in [0, 0.1) is 5.82 Å². The topological polar surface area (TPSA) is 12.9 Å². The van der Waals surface area contributed by atoms with Crippen molar-refractivity contribution in [2.45, 2.75) is 18.2 Å². The average Bonchev–Trinajstić information content (AvgIpc) is 2.41. The molecule has 4 heteroatoms. The van der Waals surface area contributed by atoms with Gasteiger partial charge in [-0.3, -0.25) is 4.98 Å². The van der Waals surface area contributed by atoms with E-state index in [1.165, 1.54) is 6.07 Å². The quantitative estimate of drug-likeness (QED) is 0.717. The first-order valence-corrected chi connectivity index (χ1v) is 6.81. The fourth-order valence-electron chi connectivity index (χ4n) is 1.83. The molecule has 0 fully saturated rings. The second-order valence-corrected chi connectivity index (χ2v) is 5.52. The predicted octanol–water partition coefficient (Wildman–Crippen LogP) is 5.07. The van der Waals surface area contributed by atoms with E-state index in [0.717, 1.165) is 10.0 Å². The standard InChI is InChI=1S/C14H12BrClFN/c1-9(10-4-6-18-7-5-10)14(16)12-8-11(15)2-3-13(12)17/h2-9,14H,1H3. The van der Waals surface area contributed by atoms with Gasteiger partial charge in [0, 0.05) is 28.3 Å². The summed E-state index contributed by atoms with van der Waals surface area (Å²) in [5, 5.41) is -0.412. The summed E-state index contributed by atoms with van der Waals surface area (Å²) in [7, 11) is 0. The normalized spacial score (nSPS) is 14.2. The molecule has 0 aliphatic rings. The highest BCUT2D eigenvalue weighted by Gasteiger charge is 2.21. The Morgan fingerprint density at radius 3 is 2.56 bits per heavy atom. The molecule has 0 aliphatic heterocycles. The first-order chi connectivity index (χ1) is 8.59. The lowest BCUT2D eigenvalue weighted by molar-refractivity contribution is 0.591. The van der Waals surface area contributed by atoms with Gasteiger partial charge in [0.2, 0.25) is 0 Å². The van der Waals surface area contributed by atoms with Crippen LogP contribution in [0.5, 0.6) is 0 Å². The average molecular weight is 329 g/mol. The number of benzene rings is 1. The van der Waals surface area contributed by atoms with Gasteiger partial charge in [0.15, 0.2) is 0 Å². The van der Waals surface area contributed by atoms with Gasteiger partial charge in [0.05, 0.1) is 5.38 Å². The Morgan fingerprint density at radius 1 is 1.22 bits per heavy atom. The van der Waals surface area contributed by atoms with Crippen molar-refractivity contribution >= 4 is 27.5 Å². The van der Waals surface area contributed by atoms with E-state index < -0.39 is 5.38 Å². The molecule has 0 spiro atoms. The minimum atomic E-state index is -0.412. The lowest BCUT2D eigenvalue weighted by atomic mass is 9.94. The largest absolute Gasteiger partial charge is 0.265 e. The molecule has 1 nitrogen and oxygen atoms in total. The van der Waals surface area contributed by atoms with Crippen molar-refractivity contribution in [1.82, 2.24) is 4.98 Å². The highest BCUT2D eigenvalue weighted by atomic mass is 79.9. The van der Waals surface area contributed by atoms with Crippen LogP contribution in [0.2, 0.25) is 0 Å². The number of hydrogen-bond acceptors (Lipinski definition) is 1. The number of nitrogens with zero attached hydrogens (tertiary/aromatic N) is 1. The monoisotopic (exact) mass is 327 g/mol. The zero-order valence-electron chi connectivity index (χ0n) is 9.78. The zero-order chi connectivity index (χ0) is 13.1. The lowest BCUT2D eigenvalue weighted by Crippen LogP contribution is -2.05. The van der Waals surface area contributed by atoms with Crippen LogP contribution < -0.4 is 0 Å². The van der Waals surface area contributed by atoms with Crippen LogP contribution >= 0.6 is 27.5 Å². The van der Waals surface area contributed by atoms with Crippen LogP contribution in [0.15, 0.2) is 47.2 Å². The Labute approximate surface area is 119 Å². The summed E-state index contributed by atoms with van der Waals surface area (Å²) < 4.78 is 14.6. The Balaban J connectivity index is 2.31. The molecule has 0 radical (unpaired) electrons. The molecule has 0 saturated carbocycles. The van der Waals surface area contributed by atoms with Crippen molar-refractivity contribution in [3.8, 4) is 0 Å². The molecule has 94 valence electrons. The number of halogens is 3. The number of hydrogen-bond donors (Lipinski definition) is 0. The van der Waals surface area contributed by atoms with Crippen molar-refractivity contribution in [1.29, 1.82) is 0 Å². The van der Waals surface area contributed by atoms with E-state index in [1.54, 1.807) is 24.5 Å². The molecule has 2 atom stereocenters. The van der Waals surface area contributed by atoms with Crippen molar-refractivity contribution < 1.29 is 4.39 Å². The third-order valence-electron chi connectivity index (χ3n) is 2.93. The van der Waals surface area contributed by atoms with Gasteiger partial charge in [-0.15, -0.1) is 11.6 Å². The van der Waals surface area contributed by atoms with Crippen LogP contribution in [0.4, 0.5) is 4.39 Å². The van der Waals surface area contributed by atoms with E-state index in [1.807, 2.05) is 19.1 Å². The van der Waals surface area contributed by atoms with Crippen molar-refractivity contribution in [2.75, 3.05) is 0 Å². The maximum atomic E-state index is 13.8. The van der Waals surface area contributed by atoms with E-state index in [-0.39, 0.29) is 11.7 Å². The predicted molar refractivity (Wildman–Crippen MR) is 75.3 cm³/mol. The molecule has 2 unspecified atom stereocenters. The van der Waals surface area contributed by atoms with Crippen molar-refractivity contribution in [2.24, 2.45) is 0 Å². The molecule has 2 aromatic rings. The maximum Gasteiger partial charge on any atom is 0.127 e. The van der Waals surface area contributed by atoms with E-state index in [9.17, 15) is 4.39 Å². The maximum absolute atomic E-state index is 13.8. The molecule has 0 aliphatic carbocycles. The number of pyridine rings is 1. The minimum Gasteiger partial charge on any atom is -0.265 e. The van der Waals surface area contributed by atoms with Gasteiger partial charge in [-0.25, -0.2) is 4.39 Å². The first kappa shape index (κ1) is 13.5. The van der Waals surface area contributed by atoms with Gasteiger partial charge < -0.3 is 0 Å².